The minimum absolute atomic E-state index is 0.226. The van der Waals surface area contributed by atoms with Gasteiger partial charge in [0.2, 0.25) is 0 Å². The molecule has 16 heavy (non-hydrogen) atoms. The fourth-order valence-corrected chi connectivity index (χ4v) is 1.81. The second kappa shape index (κ2) is 4.72. The van der Waals surface area contributed by atoms with Gasteiger partial charge in [-0.1, -0.05) is 23.2 Å². The molecule has 0 bridgehead atoms. The Morgan fingerprint density at radius 2 is 2.00 bits per heavy atom. The van der Waals surface area contributed by atoms with Crippen molar-refractivity contribution in [1.82, 2.24) is 4.98 Å². The Morgan fingerprint density at radius 1 is 1.31 bits per heavy atom. The summed E-state index contributed by atoms with van der Waals surface area (Å²) in [6.07, 6.45) is 2.89. The summed E-state index contributed by atoms with van der Waals surface area (Å²) in [5, 5.41) is 3.40. The van der Waals surface area contributed by atoms with Crippen molar-refractivity contribution in [3.05, 3.63) is 46.3 Å². The van der Waals surface area contributed by atoms with E-state index in [1.165, 1.54) is 18.5 Å². The van der Waals surface area contributed by atoms with Gasteiger partial charge in [0.05, 0.1) is 28.5 Å². The largest absolute Gasteiger partial charge is 0.447 e. The topological polar surface area (TPSA) is 38.1 Å². The summed E-state index contributed by atoms with van der Waals surface area (Å²) in [6, 6.07) is 2.38. The van der Waals surface area contributed by atoms with Gasteiger partial charge in [-0.3, -0.25) is 0 Å². The van der Waals surface area contributed by atoms with Crippen molar-refractivity contribution in [2.24, 2.45) is 0 Å². The van der Waals surface area contributed by atoms with Gasteiger partial charge in [-0.05, 0) is 12.1 Å². The van der Waals surface area contributed by atoms with Gasteiger partial charge in [-0.25, -0.2) is 9.37 Å². The van der Waals surface area contributed by atoms with E-state index < -0.39 is 5.82 Å². The molecular weight excluding hydrogens is 254 g/mol. The number of anilines is 1. The van der Waals surface area contributed by atoms with Gasteiger partial charge >= 0.3 is 0 Å². The van der Waals surface area contributed by atoms with Crippen molar-refractivity contribution < 1.29 is 8.81 Å². The molecule has 1 heterocycles. The minimum atomic E-state index is -0.472. The van der Waals surface area contributed by atoms with Crippen LogP contribution in [0.25, 0.3) is 0 Å². The molecule has 0 aliphatic rings. The first kappa shape index (κ1) is 11.2. The van der Waals surface area contributed by atoms with Crippen LogP contribution in [0.15, 0.2) is 29.1 Å². The Hall–Kier alpha value is -1.26. The maximum absolute atomic E-state index is 12.9. The molecule has 0 saturated carbocycles. The van der Waals surface area contributed by atoms with Gasteiger partial charge in [-0.15, -0.1) is 0 Å². The molecule has 0 unspecified atom stereocenters. The molecule has 0 spiro atoms. The van der Waals surface area contributed by atoms with Crippen molar-refractivity contribution in [2.45, 2.75) is 6.54 Å². The van der Waals surface area contributed by atoms with Crippen LogP contribution in [0.1, 0.15) is 5.76 Å². The second-order valence-corrected chi connectivity index (χ2v) is 3.88. The Balaban J connectivity index is 2.15. The first-order valence-electron chi connectivity index (χ1n) is 4.42. The summed E-state index contributed by atoms with van der Waals surface area (Å²) >= 11 is 11.7. The number of hydrogen-bond acceptors (Lipinski definition) is 3. The Kier molecular flexibility index (Phi) is 3.31. The monoisotopic (exact) mass is 260 g/mol. The predicted octanol–water partition coefficient (Wildman–Crippen LogP) is 3.73. The molecule has 84 valence electrons. The standard InChI is InChI=1S/C10H7Cl2FN2O/c11-8-1-6(13)2-9(12)10(8)15-4-7-3-14-5-16-7/h1-3,5,15H,4H2. The molecule has 1 aromatic carbocycles. The second-order valence-electron chi connectivity index (χ2n) is 3.07. The highest BCUT2D eigenvalue weighted by Crippen LogP contribution is 2.31. The maximum atomic E-state index is 12.9. The van der Waals surface area contributed by atoms with Gasteiger partial charge in [0.25, 0.3) is 0 Å². The molecule has 0 amide bonds. The van der Waals surface area contributed by atoms with Crippen molar-refractivity contribution in [2.75, 3.05) is 5.32 Å². The first-order valence-corrected chi connectivity index (χ1v) is 5.18. The van der Waals surface area contributed by atoms with Crippen LogP contribution in [0.2, 0.25) is 10.0 Å². The van der Waals surface area contributed by atoms with Crippen LogP contribution in [-0.4, -0.2) is 4.98 Å². The van der Waals surface area contributed by atoms with Gasteiger partial charge < -0.3 is 9.73 Å². The van der Waals surface area contributed by atoms with E-state index in [4.69, 9.17) is 27.6 Å². The van der Waals surface area contributed by atoms with Crippen molar-refractivity contribution in [3.8, 4) is 0 Å². The van der Waals surface area contributed by atoms with Gasteiger partial charge in [0.15, 0.2) is 6.39 Å². The van der Waals surface area contributed by atoms with Crippen LogP contribution in [-0.2, 0) is 6.54 Å². The van der Waals surface area contributed by atoms with E-state index in [0.717, 1.165) is 0 Å². The lowest BCUT2D eigenvalue weighted by molar-refractivity contribution is 0.512. The molecule has 1 aromatic heterocycles. The lowest BCUT2D eigenvalue weighted by atomic mass is 10.3. The number of oxazole rings is 1. The molecule has 0 fully saturated rings. The smallest absolute Gasteiger partial charge is 0.180 e. The number of nitrogens with zero attached hydrogens (tertiary/aromatic N) is 1. The molecule has 2 rings (SSSR count). The van der Waals surface area contributed by atoms with E-state index in [1.807, 2.05) is 0 Å². The number of halogens is 3. The summed E-state index contributed by atoms with van der Waals surface area (Å²) in [7, 11) is 0. The highest BCUT2D eigenvalue weighted by atomic mass is 35.5. The van der Waals surface area contributed by atoms with E-state index in [-0.39, 0.29) is 10.0 Å². The molecule has 0 aliphatic carbocycles. The van der Waals surface area contributed by atoms with Crippen molar-refractivity contribution >= 4 is 28.9 Å². The third kappa shape index (κ3) is 2.46. The average Bonchev–Trinajstić information content (AvgIpc) is 2.68. The van der Waals surface area contributed by atoms with E-state index in [1.54, 1.807) is 6.20 Å². The molecule has 0 atom stereocenters. The Morgan fingerprint density at radius 3 is 2.56 bits per heavy atom. The zero-order valence-corrected chi connectivity index (χ0v) is 9.52. The van der Waals surface area contributed by atoms with Crippen molar-refractivity contribution in [1.29, 1.82) is 0 Å². The van der Waals surface area contributed by atoms with E-state index >= 15 is 0 Å². The van der Waals surface area contributed by atoms with E-state index in [0.29, 0.717) is 18.0 Å². The molecule has 1 N–H and O–H groups in total. The lowest BCUT2D eigenvalue weighted by Gasteiger charge is -2.08. The normalized spacial score (nSPS) is 10.4. The van der Waals surface area contributed by atoms with E-state index in [2.05, 4.69) is 10.3 Å². The molecule has 3 nitrogen and oxygen atoms in total. The number of aromatic nitrogens is 1. The van der Waals surface area contributed by atoms with Crippen LogP contribution in [0.3, 0.4) is 0 Å². The highest BCUT2D eigenvalue weighted by Gasteiger charge is 2.08. The summed E-state index contributed by atoms with van der Waals surface area (Å²) < 4.78 is 17.9. The Bertz CT molecular complexity index is 465. The van der Waals surface area contributed by atoms with Crippen LogP contribution in [0, 0.1) is 5.82 Å². The molecule has 2 aromatic rings. The predicted molar refractivity (Wildman–Crippen MR) is 60.2 cm³/mol. The summed E-state index contributed by atoms with van der Waals surface area (Å²) in [5.74, 6) is 0.164. The fraction of sp³-hybridized carbons (Fsp3) is 0.100. The molecule has 0 aliphatic heterocycles. The summed E-state index contributed by atoms with van der Waals surface area (Å²) in [5.41, 5.74) is 0.473. The molecule has 0 saturated heterocycles. The van der Waals surface area contributed by atoms with E-state index in [9.17, 15) is 4.39 Å². The maximum Gasteiger partial charge on any atom is 0.180 e. The molecular formula is C10H7Cl2FN2O. The number of nitrogens with one attached hydrogen (secondary N) is 1. The van der Waals surface area contributed by atoms with Crippen molar-refractivity contribution in [3.63, 3.8) is 0 Å². The average molecular weight is 261 g/mol. The number of hydrogen-bond donors (Lipinski definition) is 1. The summed E-state index contributed by atoms with van der Waals surface area (Å²) in [4.78, 5) is 3.76. The minimum Gasteiger partial charge on any atom is -0.447 e. The van der Waals surface area contributed by atoms with Gasteiger partial charge in [0.1, 0.15) is 11.6 Å². The Labute approximate surface area is 101 Å². The summed E-state index contributed by atoms with van der Waals surface area (Å²) in [6.45, 7) is 0.380. The first-order chi connectivity index (χ1) is 7.66. The SMILES string of the molecule is Fc1cc(Cl)c(NCc2cnco2)c(Cl)c1. The molecule has 0 radical (unpaired) electrons. The fourth-order valence-electron chi connectivity index (χ4n) is 1.22. The number of rotatable bonds is 3. The zero-order valence-electron chi connectivity index (χ0n) is 8.01. The zero-order chi connectivity index (χ0) is 11.5. The van der Waals surface area contributed by atoms with Crippen LogP contribution >= 0.6 is 23.2 Å². The highest BCUT2D eigenvalue weighted by molar-refractivity contribution is 6.39. The molecule has 6 heteroatoms. The van der Waals surface area contributed by atoms with Crippen LogP contribution in [0.5, 0.6) is 0 Å². The van der Waals surface area contributed by atoms with Crippen LogP contribution < -0.4 is 5.32 Å². The van der Waals surface area contributed by atoms with Gasteiger partial charge in [-0.2, -0.15) is 0 Å². The van der Waals surface area contributed by atoms with Crippen LogP contribution in [0.4, 0.5) is 10.1 Å². The number of benzene rings is 1. The lowest BCUT2D eigenvalue weighted by Crippen LogP contribution is -2.00. The third-order valence-electron chi connectivity index (χ3n) is 1.93. The third-order valence-corrected chi connectivity index (χ3v) is 2.53. The quantitative estimate of drug-likeness (QED) is 0.914. The van der Waals surface area contributed by atoms with Gasteiger partial charge in [0, 0.05) is 0 Å².